The van der Waals surface area contributed by atoms with Crippen molar-refractivity contribution in [1.82, 2.24) is 5.32 Å². The minimum atomic E-state index is -0.208. The SMILES string of the molecule is CCC(C)C(=O)OC1CCC2(C)C(CCC3C2CCC2(C)C(C(C)CCC(=O)NCCC45CCC(CC4=O)C5(C)C)CCC32)C1. The largest absolute Gasteiger partial charge is 0.462 e. The molecule has 0 aromatic carbocycles. The van der Waals surface area contributed by atoms with E-state index < -0.39 is 0 Å². The maximum atomic E-state index is 13.0. The average Bonchev–Trinajstić information content (AvgIpc) is 3.55. The molecule has 0 spiro atoms. The van der Waals surface area contributed by atoms with Crippen LogP contribution in [-0.2, 0) is 19.1 Å². The fraction of sp³-hybridized carbons (Fsp3) is 0.925. The molecule has 45 heavy (non-hydrogen) atoms. The zero-order valence-electron chi connectivity index (χ0n) is 29.8. The number of fused-ring (bicyclic) bond motifs is 7. The van der Waals surface area contributed by atoms with Crippen LogP contribution in [0.15, 0.2) is 0 Å². The lowest BCUT2D eigenvalue weighted by Crippen LogP contribution is -2.54. The van der Waals surface area contributed by atoms with Gasteiger partial charge in [0.05, 0.1) is 5.92 Å². The van der Waals surface area contributed by atoms with Crippen molar-refractivity contribution in [3.05, 3.63) is 0 Å². The lowest BCUT2D eigenvalue weighted by atomic mass is 9.44. The Morgan fingerprint density at radius 1 is 0.889 bits per heavy atom. The van der Waals surface area contributed by atoms with Crippen LogP contribution in [0, 0.1) is 69.0 Å². The van der Waals surface area contributed by atoms with Crippen molar-refractivity contribution in [3.8, 4) is 0 Å². The summed E-state index contributed by atoms with van der Waals surface area (Å²) in [5, 5.41) is 3.23. The molecular weight excluding hydrogens is 558 g/mol. The Kier molecular flexibility index (Phi) is 9.12. The molecule has 1 N–H and O–H groups in total. The summed E-state index contributed by atoms with van der Waals surface area (Å²) < 4.78 is 6.03. The van der Waals surface area contributed by atoms with Gasteiger partial charge >= 0.3 is 5.97 Å². The molecule has 254 valence electrons. The fourth-order valence-electron chi connectivity index (χ4n) is 13.2. The first-order valence-corrected chi connectivity index (χ1v) is 19.3. The van der Waals surface area contributed by atoms with E-state index in [-0.39, 0.29) is 34.7 Å². The van der Waals surface area contributed by atoms with E-state index in [9.17, 15) is 14.4 Å². The molecule has 0 heterocycles. The number of ether oxygens (including phenoxy) is 1. The molecule has 12 unspecified atom stereocenters. The van der Waals surface area contributed by atoms with Gasteiger partial charge in [-0.1, -0.05) is 48.5 Å². The van der Waals surface area contributed by atoms with E-state index in [0.717, 1.165) is 62.7 Å². The number of ketones is 1. The number of nitrogens with one attached hydrogen (secondary N) is 1. The molecule has 5 heteroatoms. The van der Waals surface area contributed by atoms with Crippen LogP contribution in [0.4, 0.5) is 0 Å². The standard InChI is InChI=1S/C40H65NO4/c1-8-25(2)36(44)45-29-16-18-38(6)28(23-29)10-11-30-32-13-12-31(39(32,7)19-17-33(30)38)26(3)9-14-35(43)41-22-21-40-20-15-27(24-34(40)42)37(40,4)5/h25-33H,8-24H2,1-7H3,(H,41,43). The Hall–Kier alpha value is -1.39. The van der Waals surface area contributed by atoms with Gasteiger partial charge in [-0.25, -0.2) is 0 Å². The first kappa shape index (κ1) is 33.5. The molecule has 5 nitrogen and oxygen atoms in total. The summed E-state index contributed by atoms with van der Waals surface area (Å²) in [6.07, 6.45) is 17.6. The summed E-state index contributed by atoms with van der Waals surface area (Å²) in [7, 11) is 0. The topological polar surface area (TPSA) is 72.5 Å². The third-order valence-corrected chi connectivity index (χ3v) is 16.5. The van der Waals surface area contributed by atoms with Gasteiger partial charge in [-0.05, 0) is 148 Å². The number of carbonyl (C=O) groups excluding carboxylic acids is 3. The monoisotopic (exact) mass is 623 g/mol. The normalized spacial score (nSPS) is 44.4. The van der Waals surface area contributed by atoms with Gasteiger partial charge < -0.3 is 10.1 Å². The van der Waals surface area contributed by atoms with Crippen molar-refractivity contribution in [2.24, 2.45) is 69.0 Å². The maximum absolute atomic E-state index is 13.0. The quantitative estimate of drug-likeness (QED) is 0.247. The summed E-state index contributed by atoms with van der Waals surface area (Å²) in [6.45, 7) is 16.9. The Balaban J connectivity index is 0.999. The highest BCUT2D eigenvalue weighted by Crippen LogP contribution is 2.69. The number of esters is 1. The predicted molar refractivity (Wildman–Crippen MR) is 179 cm³/mol. The number of Topliss-reactive ketones (excluding diaryl/α,β-unsaturated/α-hetero) is 1. The molecule has 12 atom stereocenters. The van der Waals surface area contributed by atoms with Gasteiger partial charge in [-0.15, -0.1) is 0 Å². The lowest BCUT2D eigenvalue weighted by molar-refractivity contribution is -0.166. The molecule has 0 aromatic heterocycles. The van der Waals surface area contributed by atoms with Crippen molar-refractivity contribution in [1.29, 1.82) is 0 Å². The summed E-state index contributed by atoms with van der Waals surface area (Å²) in [4.78, 5) is 38.4. The molecule has 1 amide bonds. The minimum absolute atomic E-state index is 0.00735. The van der Waals surface area contributed by atoms with E-state index in [1.807, 2.05) is 6.92 Å². The average molecular weight is 624 g/mol. The molecule has 0 aromatic rings. The maximum Gasteiger partial charge on any atom is 0.308 e. The summed E-state index contributed by atoms with van der Waals surface area (Å²) in [5.41, 5.74) is 0.660. The van der Waals surface area contributed by atoms with Crippen LogP contribution >= 0.6 is 0 Å². The van der Waals surface area contributed by atoms with Crippen LogP contribution < -0.4 is 5.32 Å². The number of rotatable bonds is 10. The molecule has 0 saturated heterocycles. The van der Waals surface area contributed by atoms with Gasteiger partial charge in [0.15, 0.2) is 0 Å². The van der Waals surface area contributed by atoms with Crippen molar-refractivity contribution >= 4 is 17.7 Å². The van der Waals surface area contributed by atoms with Crippen LogP contribution in [0.2, 0.25) is 0 Å². The van der Waals surface area contributed by atoms with Crippen LogP contribution in [0.1, 0.15) is 151 Å². The van der Waals surface area contributed by atoms with Crippen LogP contribution in [0.25, 0.3) is 0 Å². The fourth-order valence-corrected chi connectivity index (χ4v) is 13.2. The second-order valence-electron chi connectivity index (χ2n) is 18.3. The first-order valence-electron chi connectivity index (χ1n) is 19.3. The van der Waals surface area contributed by atoms with Crippen molar-refractivity contribution < 1.29 is 19.1 Å². The highest BCUT2D eigenvalue weighted by Gasteiger charge is 2.64. The van der Waals surface area contributed by atoms with Gasteiger partial charge in [0, 0.05) is 24.8 Å². The number of hydrogen-bond donors (Lipinski definition) is 1. The number of hydrogen-bond acceptors (Lipinski definition) is 4. The minimum Gasteiger partial charge on any atom is -0.462 e. The van der Waals surface area contributed by atoms with Crippen LogP contribution in [0.5, 0.6) is 0 Å². The van der Waals surface area contributed by atoms with Gasteiger partial charge in [-0.2, -0.15) is 0 Å². The van der Waals surface area contributed by atoms with E-state index in [2.05, 4.69) is 46.9 Å². The van der Waals surface area contributed by atoms with Gasteiger partial charge in [0.2, 0.25) is 5.91 Å². The molecule has 6 aliphatic carbocycles. The number of carbonyl (C=O) groups is 3. The molecule has 6 rings (SSSR count). The summed E-state index contributed by atoms with van der Waals surface area (Å²) in [5.74, 6) is 5.60. The number of amides is 1. The van der Waals surface area contributed by atoms with Crippen LogP contribution in [-0.4, -0.2) is 30.3 Å². The van der Waals surface area contributed by atoms with E-state index in [1.54, 1.807) is 0 Å². The molecule has 6 fully saturated rings. The zero-order valence-corrected chi connectivity index (χ0v) is 29.8. The zero-order chi connectivity index (χ0) is 32.4. The van der Waals surface area contributed by atoms with E-state index in [4.69, 9.17) is 4.74 Å². The summed E-state index contributed by atoms with van der Waals surface area (Å²) in [6, 6.07) is 0. The van der Waals surface area contributed by atoms with Gasteiger partial charge in [0.1, 0.15) is 11.9 Å². The van der Waals surface area contributed by atoms with Crippen molar-refractivity contribution in [2.45, 2.75) is 157 Å². The third-order valence-electron chi connectivity index (χ3n) is 16.5. The molecule has 6 aliphatic rings. The Labute approximate surface area is 274 Å². The lowest BCUT2D eigenvalue weighted by Gasteiger charge is -2.61. The van der Waals surface area contributed by atoms with Crippen LogP contribution in [0.3, 0.4) is 0 Å². The highest BCUT2D eigenvalue weighted by atomic mass is 16.5. The highest BCUT2D eigenvalue weighted by molar-refractivity contribution is 5.89. The predicted octanol–water partition coefficient (Wildman–Crippen LogP) is 8.92. The molecule has 2 bridgehead atoms. The first-order chi connectivity index (χ1) is 21.3. The Bertz CT molecular complexity index is 1150. The van der Waals surface area contributed by atoms with Gasteiger partial charge in [-0.3, -0.25) is 14.4 Å². The molecule has 0 radical (unpaired) electrons. The molecule has 0 aliphatic heterocycles. The van der Waals surface area contributed by atoms with E-state index in [1.165, 1.54) is 51.4 Å². The van der Waals surface area contributed by atoms with Crippen molar-refractivity contribution in [3.63, 3.8) is 0 Å². The molecular formula is C40H65NO4. The van der Waals surface area contributed by atoms with Gasteiger partial charge in [0.25, 0.3) is 0 Å². The Morgan fingerprint density at radius 2 is 1.62 bits per heavy atom. The summed E-state index contributed by atoms with van der Waals surface area (Å²) >= 11 is 0. The third kappa shape index (κ3) is 5.44. The van der Waals surface area contributed by atoms with Crippen molar-refractivity contribution in [2.75, 3.05) is 6.54 Å². The smallest absolute Gasteiger partial charge is 0.308 e. The molecule has 6 saturated carbocycles. The van der Waals surface area contributed by atoms with E-state index >= 15 is 0 Å². The second kappa shape index (κ2) is 12.2. The second-order valence-corrected chi connectivity index (χ2v) is 18.3. The Morgan fingerprint density at radius 3 is 2.31 bits per heavy atom. The van der Waals surface area contributed by atoms with E-state index in [0.29, 0.717) is 53.3 Å².